The van der Waals surface area contributed by atoms with Crippen molar-refractivity contribution in [2.24, 2.45) is 0 Å². The number of halogens is 1. The van der Waals surface area contributed by atoms with Gasteiger partial charge in [-0.15, -0.1) is 0 Å². The molecule has 2 rings (SSSR count). The maximum Gasteiger partial charge on any atom is 0.0503 e. The largest absolute Gasteiger partial charge is 0.398 e. The predicted molar refractivity (Wildman–Crippen MR) is 60.6 cm³/mol. The molecule has 0 amide bonds. The van der Waals surface area contributed by atoms with Crippen LogP contribution in [0.25, 0.3) is 0 Å². The van der Waals surface area contributed by atoms with E-state index in [9.17, 15) is 0 Å². The summed E-state index contributed by atoms with van der Waals surface area (Å²) in [5.41, 5.74) is 8.75. The molecule has 0 aliphatic carbocycles. The van der Waals surface area contributed by atoms with Crippen LogP contribution in [0, 0.1) is 6.92 Å². The van der Waals surface area contributed by atoms with Gasteiger partial charge < -0.3 is 11.1 Å². The molecule has 0 aromatic heterocycles. The lowest BCUT2D eigenvalue weighted by Crippen LogP contribution is -2.13. The van der Waals surface area contributed by atoms with E-state index in [-0.39, 0.29) is 0 Å². The monoisotopic (exact) mass is 210 g/mol. The smallest absolute Gasteiger partial charge is 0.0503 e. The van der Waals surface area contributed by atoms with Crippen molar-refractivity contribution in [3.05, 3.63) is 28.3 Å². The summed E-state index contributed by atoms with van der Waals surface area (Å²) in [6, 6.07) is 4.39. The summed E-state index contributed by atoms with van der Waals surface area (Å²) in [6.07, 6.45) is 2.40. The molecule has 3 heteroatoms. The lowest BCUT2D eigenvalue weighted by Gasteiger charge is -2.15. The molecule has 0 saturated carbocycles. The second-order valence-electron chi connectivity index (χ2n) is 3.83. The molecule has 1 heterocycles. The highest BCUT2D eigenvalue weighted by Gasteiger charge is 2.19. The first-order valence-corrected chi connectivity index (χ1v) is 5.36. The highest BCUT2D eigenvalue weighted by Crippen LogP contribution is 2.33. The summed E-state index contributed by atoms with van der Waals surface area (Å²) < 4.78 is 0. The Bertz CT molecular complexity index is 343. The number of rotatable bonds is 1. The van der Waals surface area contributed by atoms with Crippen molar-refractivity contribution in [2.75, 3.05) is 12.3 Å². The van der Waals surface area contributed by atoms with Gasteiger partial charge in [-0.2, -0.15) is 0 Å². The van der Waals surface area contributed by atoms with Crippen LogP contribution in [0.2, 0.25) is 5.02 Å². The van der Waals surface area contributed by atoms with Gasteiger partial charge in [0.25, 0.3) is 0 Å². The van der Waals surface area contributed by atoms with Gasteiger partial charge in [-0.05, 0) is 43.5 Å². The number of hydrogen-bond acceptors (Lipinski definition) is 2. The molecule has 1 saturated heterocycles. The Kier molecular flexibility index (Phi) is 2.66. The van der Waals surface area contributed by atoms with Crippen LogP contribution in [0.3, 0.4) is 0 Å². The fourth-order valence-electron chi connectivity index (χ4n) is 1.94. The number of nitrogens with two attached hydrogens (primary N) is 1. The summed E-state index contributed by atoms with van der Waals surface area (Å²) >= 11 is 6.26. The number of nitrogen functional groups attached to an aromatic ring is 1. The summed E-state index contributed by atoms with van der Waals surface area (Å²) in [6.45, 7) is 3.06. The molecule has 14 heavy (non-hydrogen) atoms. The first-order valence-electron chi connectivity index (χ1n) is 4.98. The Labute approximate surface area is 89.4 Å². The summed E-state index contributed by atoms with van der Waals surface area (Å²) in [7, 11) is 0. The van der Waals surface area contributed by atoms with Crippen molar-refractivity contribution in [3.63, 3.8) is 0 Å². The first kappa shape index (κ1) is 9.81. The van der Waals surface area contributed by atoms with Crippen molar-refractivity contribution in [3.8, 4) is 0 Å². The van der Waals surface area contributed by atoms with Crippen LogP contribution in [0.1, 0.15) is 30.0 Å². The molecular formula is C11H15ClN2. The van der Waals surface area contributed by atoms with Gasteiger partial charge in [0.1, 0.15) is 0 Å². The van der Waals surface area contributed by atoms with Gasteiger partial charge in [0.15, 0.2) is 0 Å². The SMILES string of the molecule is Cc1c(N)ccc([C@H]2CCCN2)c1Cl. The molecule has 2 nitrogen and oxygen atoms in total. The molecule has 1 aliphatic heterocycles. The van der Waals surface area contributed by atoms with Gasteiger partial charge in [-0.25, -0.2) is 0 Å². The molecule has 0 bridgehead atoms. The third kappa shape index (κ3) is 1.60. The minimum atomic E-state index is 0.418. The predicted octanol–water partition coefficient (Wildman–Crippen LogP) is 2.66. The normalized spacial score (nSPS) is 21.4. The maximum atomic E-state index is 6.26. The van der Waals surface area contributed by atoms with E-state index >= 15 is 0 Å². The minimum Gasteiger partial charge on any atom is -0.398 e. The van der Waals surface area contributed by atoms with Crippen LogP contribution < -0.4 is 11.1 Å². The average molecular weight is 211 g/mol. The Morgan fingerprint density at radius 2 is 2.29 bits per heavy atom. The van der Waals surface area contributed by atoms with Crippen LogP contribution in [0.15, 0.2) is 12.1 Å². The van der Waals surface area contributed by atoms with Crippen molar-refractivity contribution in [1.82, 2.24) is 5.32 Å². The molecule has 3 N–H and O–H groups in total. The summed E-state index contributed by atoms with van der Waals surface area (Å²) in [5, 5.41) is 4.26. The Hall–Kier alpha value is -0.730. The number of anilines is 1. The van der Waals surface area contributed by atoms with Gasteiger partial charge in [0.05, 0.1) is 5.02 Å². The molecule has 1 aromatic carbocycles. The highest BCUT2D eigenvalue weighted by molar-refractivity contribution is 6.32. The van der Waals surface area contributed by atoms with Crippen LogP contribution in [-0.2, 0) is 0 Å². The van der Waals surface area contributed by atoms with Crippen molar-refractivity contribution < 1.29 is 0 Å². The number of benzene rings is 1. The van der Waals surface area contributed by atoms with Crippen LogP contribution in [0.4, 0.5) is 5.69 Å². The highest BCUT2D eigenvalue weighted by atomic mass is 35.5. The van der Waals surface area contributed by atoms with Crippen LogP contribution in [-0.4, -0.2) is 6.54 Å². The van der Waals surface area contributed by atoms with Crippen LogP contribution in [0.5, 0.6) is 0 Å². The van der Waals surface area contributed by atoms with Crippen LogP contribution >= 0.6 is 11.6 Å². The summed E-state index contributed by atoms with van der Waals surface area (Å²) in [4.78, 5) is 0. The van der Waals surface area contributed by atoms with E-state index < -0.39 is 0 Å². The van der Waals surface area contributed by atoms with E-state index in [0.717, 1.165) is 22.8 Å². The molecule has 0 unspecified atom stereocenters. The average Bonchev–Trinajstić information content (AvgIpc) is 2.67. The maximum absolute atomic E-state index is 6.26. The van der Waals surface area contributed by atoms with E-state index in [1.165, 1.54) is 18.4 Å². The van der Waals surface area contributed by atoms with E-state index in [1.807, 2.05) is 19.1 Å². The molecule has 1 fully saturated rings. The molecule has 1 aromatic rings. The Balaban J connectivity index is 2.38. The van der Waals surface area contributed by atoms with Gasteiger partial charge in [0, 0.05) is 11.7 Å². The third-order valence-electron chi connectivity index (χ3n) is 2.89. The fraction of sp³-hybridized carbons (Fsp3) is 0.455. The number of nitrogens with one attached hydrogen (secondary N) is 1. The second kappa shape index (κ2) is 3.79. The Morgan fingerprint density at radius 3 is 2.93 bits per heavy atom. The van der Waals surface area contributed by atoms with E-state index in [1.54, 1.807) is 0 Å². The summed E-state index contributed by atoms with van der Waals surface area (Å²) in [5.74, 6) is 0. The molecule has 1 atom stereocenters. The van der Waals surface area contributed by atoms with Gasteiger partial charge in [-0.3, -0.25) is 0 Å². The van der Waals surface area contributed by atoms with Gasteiger partial charge in [-0.1, -0.05) is 17.7 Å². The topological polar surface area (TPSA) is 38.0 Å². The first-order chi connectivity index (χ1) is 6.70. The Morgan fingerprint density at radius 1 is 1.50 bits per heavy atom. The lowest BCUT2D eigenvalue weighted by molar-refractivity contribution is 0.647. The second-order valence-corrected chi connectivity index (χ2v) is 4.21. The molecular weight excluding hydrogens is 196 g/mol. The van der Waals surface area contributed by atoms with Gasteiger partial charge >= 0.3 is 0 Å². The van der Waals surface area contributed by atoms with E-state index in [4.69, 9.17) is 17.3 Å². The lowest BCUT2D eigenvalue weighted by atomic mass is 10.0. The van der Waals surface area contributed by atoms with Gasteiger partial charge in [0.2, 0.25) is 0 Å². The minimum absolute atomic E-state index is 0.418. The number of hydrogen-bond donors (Lipinski definition) is 2. The molecule has 0 radical (unpaired) electrons. The van der Waals surface area contributed by atoms with Crippen molar-refractivity contribution >= 4 is 17.3 Å². The van der Waals surface area contributed by atoms with Crippen molar-refractivity contribution in [2.45, 2.75) is 25.8 Å². The third-order valence-corrected chi connectivity index (χ3v) is 3.40. The van der Waals surface area contributed by atoms with E-state index in [2.05, 4.69) is 5.32 Å². The fourth-order valence-corrected chi connectivity index (χ4v) is 2.24. The zero-order chi connectivity index (χ0) is 10.1. The zero-order valence-electron chi connectivity index (χ0n) is 8.31. The molecule has 76 valence electrons. The zero-order valence-corrected chi connectivity index (χ0v) is 9.06. The standard InChI is InChI=1S/C11H15ClN2/c1-7-9(13)5-4-8(11(7)12)10-3-2-6-14-10/h4-5,10,14H,2-3,6,13H2,1H3/t10-/m1/s1. The molecule has 0 spiro atoms. The quantitative estimate of drug-likeness (QED) is 0.700. The van der Waals surface area contributed by atoms with Crippen molar-refractivity contribution in [1.29, 1.82) is 0 Å². The van der Waals surface area contributed by atoms with E-state index in [0.29, 0.717) is 6.04 Å². The molecule has 1 aliphatic rings.